The Morgan fingerprint density at radius 1 is 0.979 bits per heavy atom. The molecule has 2 heterocycles. The minimum absolute atomic E-state index is 0.0776. The number of nitrogens with zero attached hydrogens (tertiary/aromatic N) is 4. The average Bonchev–Trinajstić information content (AvgIpc) is 3.40. The summed E-state index contributed by atoms with van der Waals surface area (Å²) in [5, 5.41) is 15.9. The monoisotopic (exact) mass is 658 g/mol. The molecule has 47 heavy (non-hydrogen) atoms. The fraction of sp³-hybridized carbons (Fsp3) is 0.735. The maximum atomic E-state index is 14.7. The highest BCUT2D eigenvalue weighted by molar-refractivity contribution is 5.97. The van der Waals surface area contributed by atoms with Crippen molar-refractivity contribution in [3.8, 4) is 0 Å². The normalized spacial score (nSPS) is 22.2. The van der Waals surface area contributed by atoms with Crippen LogP contribution in [0.25, 0.3) is 0 Å². The first-order valence-corrected chi connectivity index (χ1v) is 16.5. The molecular weight excluding hydrogens is 604 g/mol. The van der Waals surface area contributed by atoms with Crippen molar-refractivity contribution < 1.29 is 33.8 Å². The van der Waals surface area contributed by atoms with E-state index in [9.17, 15) is 29.1 Å². The molecule has 1 aromatic rings. The number of esters is 1. The van der Waals surface area contributed by atoms with E-state index in [-0.39, 0.29) is 24.7 Å². The maximum absolute atomic E-state index is 14.7. The quantitative estimate of drug-likeness (QED) is 0.351. The van der Waals surface area contributed by atoms with Crippen molar-refractivity contribution >= 4 is 29.8 Å². The Hall–Kier alpha value is -3.77. The second kappa shape index (κ2) is 14.1. The van der Waals surface area contributed by atoms with Crippen LogP contribution < -0.4 is 10.6 Å². The summed E-state index contributed by atoms with van der Waals surface area (Å²) in [6.45, 7) is 16.0. The van der Waals surface area contributed by atoms with Gasteiger partial charge in [0.05, 0.1) is 11.7 Å². The third kappa shape index (κ3) is 8.58. The highest BCUT2D eigenvalue weighted by atomic mass is 16.6. The van der Waals surface area contributed by atoms with Gasteiger partial charge in [-0.3, -0.25) is 24.2 Å². The molecule has 262 valence electrons. The van der Waals surface area contributed by atoms with Gasteiger partial charge in [0.25, 0.3) is 5.91 Å². The molecule has 1 aromatic heterocycles. The number of likely N-dealkylation sites (N-methyl/N-ethyl adjacent to an activating group) is 1. The number of nitrogens with one attached hydrogen (secondary N) is 2. The third-order valence-electron chi connectivity index (χ3n) is 9.49. The number of hydrogen-bond donors (Lipinski definition) is 3. The smallest absolute Gasteiger partial charge is 0.407 e. The van der Waals surface area contributed by atoms with Crippen LogP contribution in [0.3, 0.4) is 0 Å². The lowest BCUT2D eigenvalue weighted by Gasteiger charge is -2.52. The van der Waals surface area contributed by atoms with Crippen LogP contribution in [-0.4, -0.2) is 98.0 Å². The molecule has 1 aliphatic heterocycles. The third-order valence-corrected chi connectivity index (χ3v) is 9.49. The number of amides is 4. The van der Waals surface area contributed by atoms with Gasteiger partial charge in [-0.2, -0.15) is 0 Å². The van der Waals surface area contributed by atoms with Crippen LogP contribution in [0.5, 0.6) is 0 Å². The Labute approximate surface area is 278 Å². The first kappa shape index (κ1) is 37.7. The number of ether oxygens (including phenoxy) is 1. The molecule has 1 saturated carbocycles. The molecule has 0 bridgehead atoms. The van der Waals surface area contributed by atoms with E-state index in [0.717, 1.165) is 37.0 Å². The summed E-state index contributed by atoms with van der Waals surface area (Å²) in [6.07, 6.45) is 7.33. The van der Waals surface area contributed by atoms with Gasteiger partial charge in [0, 0.05) is 32.5 Å². The van der Waals surface area contributed by atoms with Crippen molar-refractivity contribution in [2.24, 2.45) is 22.7 Å². The van der Waals surface area contributed by atoms with Gasteiger partial charge in [0.2, 0.25) is 11.8 Å². The number of rotatable bonds is 8. The summed E-state index contributed by atoms with van der Waals surface area (Å²) in [4.78, 5) is 78.7. The van der Waals surface area contributed by atoms with Gasteiger partial charge in [-0.15, -0.1) is 0 Å². The fourth-order valence-corrected chi connectivity index (χ4v) is 7.00. The number of carbonyl (C=O) groups excluding carboxylic acids is 4. The number of likely N-dealkylation sites (tertiary alicyclic amines) is 1. The Morgan fingerprint density at radius 3 is 2.09 bits per heavy atom. The molecule has 0 spiro atoms. The summed E-state index contributed by atoms with van der Waals surface area (Å²) in [6, 6.07) is -2.01. The second-order valence-corrected chi connectivity index (χ2v) is 16.1. The topological polar surface area (TPSA) is 171 Å². The van der Waals surface area contributed by atoms with E-state index in [4.69, 9.17) is 4.74 Å². The van der Waals surface area contributed by atoms with Gasteiger partial charge in [-0.05, 0) is 50.4 Å². The lowest BCUT2D eigenvalue weighted by Crippen LogP contribution is -2.69. The molecule has 2 fully saturated rings. The first-order valence-electron chi connectivity index (χ1n) is 16.5. The van der Waals surface area contributed by atoms with E-state index < -0.39 is 69.8 Å². The fourth-order valence-electron chi connectivity index (χ4n) is 7.00. The summed E-state index contributed by atoms with van der Waals surface area (Å²) in [5.41, 5.74) is -3.69. The standard InChI is InChI=1S/C34H54N6O7/c1-31(2,3)25(38-27(42)24(21-14-12-11-13-15-21)37-26(41)23-18-35-16-17-36-23)28(43)39(10)34(32(4,5)6)20-40(30(45)46)19-22(34)29(44)47-33(7,8)9/h16-18,21-22,24-25H,11-15,19-20H2,1-10H3,(H,37,41)(H,38,42)(H,45,46)/t22?,24-,25+,34?/m0/s1. The Bertz CT molecular complexity index is 1310. The summed E-state index contributed by atoms with van der Waals surface area (Å²) in [5.74, 6) is -3.26. The van der Waals surface area contributed by atoms with Crippen LogP contribution in [0.4, 0.5) is 4.79 Å². The molecule has 0 radical (unpaired) electrons. The molecule has 2 aliphatic rings. The van der Waals surface area contributed by atoms with E-state index in [0.29, 0.717) is 0 Å². The minimum atomic E-state index is -1.32. The van der Waals surface area contributed by atoms with Gasteiger partial charge >= 0.3 is 12.1 Å². The van der Waals surface area contributed by atoms with Crippen molar-refractivity contribution in [1.82, 2.24) is 30.4 Å². The van der Waals surface area contributed by atoms with Crippen LogP contribution in [0.1, 0.15) is 105 Å². The molecule has 3 rings (SSSR count). The Balaban J connectivity index is 2.02. The molecule has 3 N–H and O–H groups in total. The number of carboxylic acid groups (broad SMARTS) is 1. The molecule has 4 amide bonds. The number of aromatic nitrogens is 2. The highest BCUT2D eigenvalue weighted by Gasteiger charge is 2.63. The van der Waals surface area contributed by atoms with Gasteiger partial charge < -0.3 is 30.3 Å². The Morgan fingerprint density at radius 2 is 1.60 bits per heavy atom. The zero-order chi connectivity index (χ0) is 35.5. The van der Waals surface area contributed by atoms with Crippen LogP contribution in [0.15, 0.2) is 18.6 Å². The van der Waals surface area contributed by atoms with Gasteiger partial charge in [0.15, 0.2) is 0 Å². The van der Waals surface area contributed by atoms with Crippen LogP contribution >= 0.6 is 0 Å². The highest BCUT2D eigenvalue weighted by Crippen LogP contribution is 2.47. The van der Waals surface area contributed by atoms with Gasteiger partial charge in [-0.1, -0.05) is 60.8 Å². The second-order valence-electron chi connectivity index (χ2n) is 16.1. The van der Waals surface area contributed by atoms with Crippen molar-refractivity contribution in [3.63, 3.8) is 0 Å². The van der Waals surface area contributed by atoms with Crippen molar-refractivity contribution in [2.75, 3.05) is 20.1 Å². The molecule has 4 atom stereocenters. The number of carbonyl (C=O) groups is 5. The average molecular weight is 659 g/mol. The lowest BCUT2D eigenvalue weighted by atomic mass is 9.66. The summed E-state index contributed by atoms with van der Waals surface area (Å²) in [7, 11) is 1.57. The summed E-state index contributed by atoms with van der Waals surface area (Å²) < 4.78 is 5.78. The van der Waals surface area contributed by atoms with Gasteiger partial charge in [-0.25, -0.2) is 9.78 Å². The lowest BCUT2D eigenvalue weighted by molar-refractivity contribution is -0.170. The zero-order valence-corrected chi connectivity index (χ0v) is 29.7. The minimum Gasteiger partial charge on any atom is -0.465 e. The predicted molar refractivity (Wildman–Crippen MR) is 175 cm³/mol. The maximum Gasteiger partial charge on any atom is 0.407 e. The van der Waals surface area contributed by atoms with E-state index >= 15 is 0 Å². The number of hydrogen-bond acceptors (Lipinski definition) is 8. The van der Waals surface area contributed by atoms with E-state index in [2.05, 4.69) is 20.6 Å². The van der Waals surface area contributed by atoms with Crippen molar-refractivity contribution in [3.05, 3.63) is 24.3 Å². The largest absolute Gasteiger partial charge is 0.465 e. The van der Waals surface area contributed by atoms with E-state index in [1.807, 2.05) is 41.5 Å². The molecule has 13 nitrogen and oxygen atoms in total. The van der Waals surface area contributed by atoms with Crippen LogP contribution in [0, 0.1) is 22.7 Å². The predicted octanol–water partition coefficient (Wildman–Crippen LogP) is 3.88. The van der Waals surface area contributed by atoms with Crippen molar-refractivity contribution in [2.45, 2.75) is 118 Å². The molecule has 2 unspecified atom stereocenters. The zero-order valence-electron chi connectivity index (χ0n) is 29.7. The first-order chi connectivity index (χ1) is 21.6. The van der Waals surface area contributed by atoms with E-state index in [1.54, 1.807) is 27.8 Å². The SMILES string of the molecule is CN(C(=O)[C@@H](NC(=O)[C@@H](NC(=O)c1cnccn1)C1CCCCC1)C(C)(C)C)C1(C(C)(C)C)CN(C(=O)O)CC1C(=O)OC(C)(C)C. The van der Waals surface area contributed by atoms with Crippen LogP contribution in [0.2, 0.25) is 0 Å². The molecule has 1 aliphatic carbocycles. The summed E-state index contributed by atoms with van der Waals surface area (Å²) >= 11 is 0. The molecule has 1 saturated heterocycles. The van der Waals surface area contributed by atoms with Gasteiger partial charge in [0.1, 0.15) is 29.3 Å². The Kier molecular flexibility index (Phi) is 11.3. The van der Waals surface area contributed by atoms with E-state index in [1.165, 1.54) is 23.5 Å². The van der Waals surface area contributed by atoms with Crippen LogP contribution in [-0.2, 0) is 19.1 Å². The van der Waals surface area contributed by atoms with Crippen molar-refractivity contribution in [1.29, 1.82) is 0 Å². The molecule has 13 heteroatoms. The molecule has 0 aromatic carbocycles. The molecular formula is C34H54N6O7.